The standard InChI is InChI=1S/C28H28FN7O3S/c1-16-18(3-2-4-19(16)29)22-21(25(37)38)20(32-23(33-22)24-31-5-8-40-24)11-34-6-7-35-17(9-34)10-36(26(35)39)28-12-27(13-28,14-28)15-30/h2-5,8,17,22H,6-7,9-14H2,1H3,(H,32,33)(H,37,38)/t17-,22-,27?,28?/m0/s1. The molecular formula is C28H28FN7O3S. The van der Waals surface area contributed by atoms with Crippen LogP contribution in [0.25, 0.3) is 0 Å². The molecule has 0 unspecified atom stereocenters. The minimum Gasteiger partial charge on any atom is -0.478 e. The third-order valence-electron chi connectivity index (χ3n) is 9.23. The van der Waals surface area contributed by atoms with Gasteiger partial charge in [-0.15, -0.1) is 11.3 Å². The van der Waals surface area contributed by atoms with Crippen LogP contribution in [-0.2, 0) is 4.79 Å². The van der Waals surface area contributed by atoms with Crippen LogP contribution in [0.5, 0.6) is 0 Å². The molecule has 0 radical (unpaired) electrons. The summed E-state index contributed by atoms with van der Waals surface area (Å²) in [6.45, 7) is 4.32. The Morgan fingerprint density at radius 3 is 2.80 bits per heavy atom. The summed E-state index contributed by atoms with van der Waals surface area (Å²) in [6, 6.07) is 6.22. The molecule has 40 heavy (non-hydrogen) atoms. The topological polar surface area (TPSA) is 125 Å². The number of aromatic nitrogens is 1. The van der Waals surface area contributed by atoms with E-state index in [4.69, 9.17) is 4.99 Å². The van der Waals surface area contributed by atoms with E-state index in [1.54, 1.807) is 25.3 Å². The van der Waals surface area contributed by atoms with Crippen LogP contribution in [0.2, 0.25) is 0 Å². The smallest absolute Gasteiger partial charge is 0.335 e. The monoisotopic (exact) mass is 561 g/mol. The summed E-state index contributed by atoms with van der Waals surface area (Å²) in [7, 11) is 0. The number of carbonyl (C=O) groups excluding carboxylic acids is 1. The Balaban J connectivity index is 1.16. The van der Waals surface area contributed by atoms with Gasteiger partial charge in [-0.3, -0.25) is 9.89 Å². The highest BCUT2D eigenvalue weighted by molar-refractivity contribution is 7.11. The van der Waals surface area contributed by atoms with Crippen molar-refractivity contribution in [2.45, 2.75) is 43.8 Å². The molecule has 2 saturated heterocycles. The maximum Gasteiger partial charge on any atom is 0.335 e. The van der Waals surface area contributed by atoms with E-state index in [9.17, 15) is 24.3 Å². The van der Waals surface area contributed by atoms with E-state index < -0.39 is 17.8 Å². The van der Waals surface area contributed by atoms with Crippen molar-refractivity contribution in [3.8, 4) is 6.07 Å². The predicted octanol–water partition coefficient (Wildman–Crippen LogP) is 2.89. The molecule has 4 heterocycles. The number of amidine groups is 1. The van der Waals surface area contributed by atoms with E-state index in [-0.39, 0.29) is 28.6 Å². The molecule has 206 valence electrons. The van der Waals surface area contributed by atoms with E-state index in [0.29, 0.717) is 60.4 Å². The lowest BCUT2D eigenvalue weighted by Gasteiger charge is -2.69. The Bertz CT molecular complexity index is 1510. The van der Waals surface area contributed by atoms with Crippen molar-refractivity contribution in [3.63, 3.8) is 0 Å². The van der Waals surface area contributed by atoms with Gasteiger partial charge in [0.2, 0.25) is 0 Å². The molecule has 3 saturated carbocycles. The minimum atomic E-state index is -1.12. The second-order valence-electron chi connectivity index (χ2n) is 11.6. The predicted molar refractivity (Wildman–Crippen MR) is 144 cm³/mol. The summed E-state index contributed by atoms with van der Waals surface area (Å²) < 4.78 is 14.6. The molecule has 3 aliphatic carbocycles. The number of amides is 2. The number of nitrogens with one attached hydrogen (secondary N) is 1. The van der Waals surface area contributed by atoms with Crippen molar-refractivity contribution >= 4 is 29.2 Å². The van der Waals surface area contributed by atoms with Crippen molar-refractivity contribution < 1.29 is 19.1 Å². The molecule has 2 N–H and O–H groups in total. The molecule has 2 atom stereocenters. The maximum absolute atomic E-state index is 14.6. The lowest BCUT2D eigenvalue weighted by molar-refractivity contribution is -0.163. The van der Waals surface area contributed by atoms with Crippen LogP contribution < -0.4 is 5.32 Å². The second kappa shape index (κ2) is 8.84. The number of carboxylic acid groups (broad SMARTS) is 1. The van der Waals surface area contributed by atoms with E-state index in [2.05, 4.69) is 21.3 Å². The van der Waals surface area contributed by atoms with Gasteiger partial charge in [0.25, 0.3) is 0 Å². The fourth-order valence-electron chi connectivity index (χ4n) is 7.24. The number of thiazole rings is 1. The molecule has 8 rings (SSSR count). The minimum absolute atomic E-state index is 0.000796. The number of nitriles is 1. The number of hydrogen-bond donors (Lipinski definition) is 2. The van der Waals surface area contributed by atoms with Crippen molar-refractivity contribution in [3.05, 3.63) is 63.0 Å². The summed E-state index contributed by atoms with van der Waals surface area (Å²) in [6.07, 6.45) is 3.97. The molecule has 1 aromatic heterocycles. The van der Waals surface area contributed by atoms with Gasteiger partial charge in [-0.2, -0.15) is 5.26 Å². The number of nitrogens with zero attached hydrogens (tertiary/aromatic N) is 6. The van der Waals surface area contributed by atoms with Crippen LogP contribution in [0.15, 0.2) is 46.0 Å². The second-order valence-corrected chi connectivity index (χ2v) is 12.5. The molecule has 6 aliphatic rings. The summed E-state index contributed by atoms with van der Waals surface area (Å²) in [5, 5.41) is 25.5. The highest BCUT2D eigenvalue weighted by atomic mass is 32.1. The van der Waals surface area contributed by atoms with E-state index >= 15 is 0 Å². The SMILES string of the molecule is Cc1c(F)cccc1[C@@H]1N=C(c2nccs2)NC(CN2CCN3C(=O)N(C45CC(C#N)(C4)C5)C[C@@H]3C2)=C1C(=O)O. The number of fused-ring (bicyclic) bond motifs is 1. The number of benzene rings is 1. The third-order valence-corrected chi connectivity index (χ3v) is 10.0. The lowest BCUT2D eigenvalue weighted by atomic mass is 9.39. The molecule has 3 aliphatic heterocycles. The highest BCUT2D eigenvalue weighted by Crippen LogP contribution is 2.70. The van der Waals surface area contributed by atoms with Gasteiger partial charge in [-0.1, -0.05) is 12.1 Å². The summed E-state index contributed by atoms with van der Waals surface area (Å²) >= 11 is 1.39. The largest absolute Gasteiger partial charge is 0.478 e. The Morgan fingerprint density at radius 2 is 2.10 bits per heavy atom. The quantitative estimate of drug-likeness (QED) is 0.556. The normalized spacial score (nSPS) is 31.1. The zero-order valence-electron chi connectivity index (χ0n) is 21.9. The van der Waals surface area contributed by atoms with E-state index in [1.807, 2.05) is 15.2 Å². The number of urea groups is 1. The van der Waals surface area contributed by atoms with Crippen LogP contribution in [0.4, 0.5) is 9.18 Å². The summed E-state index contributed by atoms with van der Waals surface area (Å²) in [4.78, 5) is 41.1. The number of rotatable bonds is 6. The number of aliphatic imine (C=N–C) groups is 1. The van der Waals surface area contributed by atoms with Gasteiger partial charge in [0, 0.05) is 55.5 Å². The van der Waals surface area contributed by atoms with Gasteiger partial charge in [-0.05, 0) is 43.4 Å². The number of hydrogen-bond acceptors (Lipinski definition) is 8. The van der Waals surface area contributed by atoms with Crippen LogP contribution in [0, 0.1) is 29.5 Å². The Hall–Kier alpha value is -3.82. The first-order chi connectivity index (χ1) is 19.2. The lowest BCUT2D eigenvalue weighted by Crippen LogP contribution is -2.74. The van der Waals surface area contributed by atoms with Crippen LogP contribution in [0.1, 0.15) is 41.4 Å². The molecule has 2 bridgehead atoms. The molecule has 10 nitrogen and oxygen atoms in total. The van der Waals surface area contributed by atoms with Crippen molar-refractivity contribution in [2.24, 2.45) is 10.4 Å². The van der Waals surface area contributed by atoms with Crippen LogP contribution in [-0.4, -0.2) is 86.9 Å². The molecule has 0 spiro atoms. The van der Waals surface area contributed by atoms with Crippen LogP contribution >= 0.6 is 11.3 Å². The van der Waals surface area contributed by atoms with Gasteiger partial charge in [0.1, 0.15) is 11.9 Å². The van der Waals surface area contributed by atoms with E-state index in [0.717, 1.165) is 19.3 Å². The molecule has 5 fully saturated rings. The molecule has 1 aromatic carbocycles. The third kappa shape index (κ3) is 3.68. The average molecular weight is 562 g/mol. The zero-order chi connectivity index (χ0) is 27.8. The first kappa shape index (κ1) is 25.2. The number of aliphatic carboxylic acids is 1. The first-order valence-corrected chi connectivity index (χ1v) is 14.3. The number of carbonyl (C=O) groups is 2. The molecule has 2 amide bonds. The van der Waals surface area contributed by atoms with Gasteiger partial charge < -0.3 is 20.2 Å². The van der Waals surface area contributed by atoms with Crippen molar-refractivity contribution in [2.75, 3.05) is 32.7 Å². The fraction of sp³-hybridized carbons (Fsp3) is 0.464. The number of piperazine rings is 1. The Labute approximate surface area is 234 Å². The molecule has 2 aromatic rings. The van der Waals surface area contributed by atoms with Gasteiger partial charge in [0.15, 0.2) is 10.8 Å². The van der Waals surface area contributed by atoms with Crippen molar-refractivity contribution in [1.82, 2.24) is 25.0 Å². The number of halogens is 1. The van der Waals surface area contributed by atoms with E-state index in [1.165, 1.54) is 17.4 Å². The van der Waals surface area contributed by atoms with Crippen molar-refractivity contribution in [1.29, 1.82) is 5.26 Å². The Morgan fingerprint density at radius 1 is 1.30 bits per heavy atom. The fourth-order valence-corrected chi connectivity index (χ4v) is 7.83. The van der Waals surface area contributed by atoms with Gasteiger partial charge in [-0.25, -0.2) is 19.0 Å². The molecule has 12 heteroatoms. The first-order valence-electron chi connectivity index (χ1n) is 13.4. The summed E-state index contributed by atoms with van der Waals surface area (Å²) in [5.74, 6) is -1.07. The molecular weight excluding hydrogens is 533 g/mol. The van der Waals surface area contributed by atoms with Gasteiger partial charge >= 0.3 is 12.0 Å². The van der Waals surface area contributed by atoms with Gasteiger partial charge in [0.05, 0.1) is 23.1 Å². The summed E-state index contributed by atoms with van der Waals surface area (Å²) in [5.41, 5.74) is 1.05. The van der Waals surface area contributed by atoms with Crippen LogP contribution in [0.3, 0.4) is 0 Å². The highest BCUT2D eigenvalue weighted by Gasteiger charge is 2.73. The zero-order valence-corrected chi connectivity index (χ0v) is 22.7. The number of carboxylic acids is 1. The maximum atomic E-state index is 14.6. The Kier molecular flexibility index (Phi) is 5.56. The average Bonchev–Trinajstić information content (AvgIpc) is 3.53.